The number of piperidine rings is 1. The Kier molecular flexibility index (Phi) is 4.86. The predicted octanol–water partition coefficient (Wildman–Crippen LogP) is 4.16. The Bertz CT molecular complexity index is 493. The van der Waals surface area contributed by atoms with Crippen LogP contribution in [0.15, 0.2) is 22.7 Å². The van der Waals surface area contributed by atoms with Crippen LogP contribution >= 0.6 is 15.9 Å². The first kappa shape index (κ1) is 15.5. The first-order chi connectivity index (χ1) is 9.43. The fraction of sp³-hybridized carbons (Fsp3) is 0.562. The van der Waals surface area contributed by atoms with Gasteiger partial charge < -0.3 is 5.11 Å². The molecule has 0 spiro atoms. The van der Waals surface area contributed by atoms with Crippen molar-refractivity contribution >= 4 is 21.9 Å². The van der Waals surface area contributed by atoms with Crippen LogP contribution in [-0.2, 0) is 6.54 Å². The van der Waals surface area contributed by atoms with Crippen LogP contribution in [0, 0.1) is 5.41 Å². The molecule has 1 fully saturated rings. The van der Waals surface area contributed by atoms with Gasteiger partial charge >= 0.3 is 5.97 Å². The summed E-state index contributed by atoms with van der Waals surface area (Å²) in [5, 5.41) is 9.08. The van der Waals surface area contributed by atoms with Gasteiger partial charge in [-0.1, -0.05) is 36.2 Å². The zero-order valence-electron chi connectivity index (χ0n) is 12.2. The van der Waals surface area contributed by atoms with Gasteiger partial charge in [-0.2, -0.15) is 0 Å². The van der Waals surface area contributed by atoms with Crippen molar-refractivity contribution in [1.29, 1.82) is 0 Å². The number of aromatic carboxylic acids is 1. The SMILES string of the molecule is CCC1(C)CCN(Cc2cc(C(=O)O)ccc2Br)CC1. The molecule has 0 bridgehead atoms. The third-order valence-corrected chi connectivity index (χ3v) is 5.38. The van der Waals surface area contributed by atoms with Gasteiger partial charge in [0.05, 0.1) is 5.56 Å². The van der Waals surface area contributed by atoms with Crippen molar-refractivity contribution in [3.05, 3.63) is 33.8 Å². The molecule has 20 heavy (non-hydrogen) atoms. The van der Waals surface area contributed by atoms with E-state index in [1.807, 2.05) is 6.07 Å². The van der Waals surface area contributed by atoms with Gasteiger partial charge in [0.2, 0.25) is 0 Å². The summed E-state index contributed by atoms with van der Waals surface area (Å²) in [6.45, 7) is 7.64. The summed E-state index contributed by atoms with van der Waals surface area (Å²) < 4.78 is 0.992. The van der Waals surface area contributed by atoms with Crippen LogP contribution in [0.25, 0.3) is 0 Å². The Hall–Kier alpha value is -0.870. The molecule has 1 heterocycles. The zero-order valence-corrected chi connectivity index (χ0v) is 13.7. The molecule has 1 aromatic rings. The maximum absolute atomic E-state index is 11.1. The maximum Gasteiger partial charge on any atom is 0.335 e. The molecule has 1 aliphatic heterocycles. The van der Waals surface area contributed by atoms with E-state index < -0.39 is 5.97 Å². The van der Waals surface area contributed by atoms with Crippen molar-refractivity contribution in [1.82, 2.24) is 4.90 Å². The van der Waals surface area contributed by atoms with Crippen molar-refractivity contribution < 1.29 is 9.90 Å². The fourth-order valence-electron chi connectivity index (χ4n) is 2.67. The van der Waals surface area contributed by atoms with Gasteiger partial charge in [-0.3, -0.25) is 4.90 Å². The van der Waals surface area contributed by atoms with Crippen molar-refractivity contribution in [2.75, 3.05) is 13.1 Å². The van der Waals surface area contributed by atoms with Crippen molar-refractivity contribution in [2.45, 2.75) is 39.7 Å². The summed E-state index contributed by atoms with van der Waals surface area (Å²) in [4.78, 5) is 13.5. The lowest BCUT2D eigenvalue weighted by Crippen LogP contribution is -2.38. The number of carbonyl (C=O) groups is 1. The quantitative estimate of drug-likeness (QED) is 0.895. The van der Waals surface area contributed by atoms with Crippen LogP contribution in [0.3, 0.4) is 0 Å². The molecule has 1 saturated heterocycles. The van der Waals surface area contributed by atoms with E-state index in [1.165, 1.54) is 19.3 Å². The molecule has 0 amide bonds. The van der Waals surface area contributed by atoms with Crippen LogP contribution in [0.2, 0.25) is 0 Å². The molecule has 3 nitrogen and oxygen atoms in total. The van der Waals surface area contributed by atoms with E-state index in [1.54, 1.807) is 12.1 Å². The lowest BCUT2D eigenvalue weighted by atomic mass is 9.78. The summed E-state index contributed by atoms with van der Waals surface area (Å²) in [5.74, 6) is -0.865. The Morgan fingerprint density at radius 2 is 2.05 bits per heavy atom. The molecule has 110 valence electrons. The van der Waals surface area contributed by atoms with Gasteiger partial charge in [-0.05, 0) is 55.1 Å². The Morgan fingerprint density at radius 1 is 1.40 bits per heavy atom. The highest BCUT2D eigenvalue weighted by molar-refractivity contribution is 9.10. The highest BCUT2D eigenvalue weighted by Crippen LogP contribution is 2.34. The normalized spacial score (nSPS) is 18.9. The van der Waals surface area contributed by atoms with Crippen LogP contribution in [0.4, 0.5) is 0 Å². The molecule has 2 rings (SSSR count). The molecule has 0 aliphatic carbocycles. The maximum atomic E-state index is 11.1. The number of likely N-dealkylation sites (tertiary alicyclic amines) is 1. The van der Waals surface area contributed by atoms with Crippen LogP contribution in [0.1, 0.15) is 49.0 Å². The second kappa shape index (κ2) is 6.27. The molecule has 0 atom stereocenters. The van der Waals surface area contributed by atoms with E-state index in [2.05, 4.69) is 34.7 Å². The summed E-state index contributed by atoms with van der Waals surface area (Å²) in [6, 6.07) is 5.25. The van der Waals surface area contributed by atoms with Crippen LogP contribution in [-0.4, -0.2) is 29.1 Å². The summed E-state index contributed by atoms with van der Waals surface area (Å²) >= 11 is 3.52. The average Bonchev–Trinajstić information content (AvgIpc) is 2.43. The van der Waals surface area contributed by atoms with Gasteiger partial charge in [-0.15, -0.1) is 0 Å². The van der Waals surface area contributed by atoms with Gasteiger partial charge in [0.15, 0.2) is 0 Å². The second-order valence-corrected chi connectivity index (χ2v) is 6.91. The lowest BCUT2D eigenvalue weighted by Gasteiger charge is -2.39. The van der Waals surface area contributed by atoms with Gasteiger partial charge in [-0.25, -0.2) is 4.79 Å². The molecule has 0 aromatic heterocycles. The lowest BCUT2D eigenvalue weighted by molar-refractivity contribution is 0.0696. The molecule has 1 aromatic carbocycles. The largest absolute Gasteiger partial charge is 0.478 e. The average molecular weight is 340 g/mol. The summed E-state index contributed by atoms with van der Waals surface area (Å²) in [7, 11) is 0. The van der Waals surface area contributed by atoms with Crippen LogP contribution in [0.5, 0.6) is 0 Å². The Balaban J connectivity index is 2.04. The highest BCUT2D eigenvalue weighted by atomic mass is 79.9. The van der Waals surface area contributed by atoms with Crippen molar-refractivity contribution in [3.8, 4) is 0 Å². The molecular weight excluding hydrogens is 318 g/mol. The van der Waals surface area contributed by atoms with E-state index in [0.717, 1.165) is 29.7 Å². The number of nitrogens with zero attached hydrogens (tertiary/aromatic N) is 1. The van der Waals surface area contributed by atoms with E-state index in [9.17, 15) is 4.79 Å². The number of rotatable bonds is 4. The zero-order chi connectivity index (χ0) is 14.8. The molecule has 1 N–H and O–H groups in total. The van der Waals surface area contributed by atoms with E-state index >= 15 is 0 Å². The minimum atomic E-state index is -0.865. The number of hydrogen-bond donors (Lipinski definition) is 1. The van der Waals surface area contributed by atoms with Gasteiger partial charge in [0.25, 0.3) is 0 Å². The van der Waals surface area contributed by atoms with Crippen molar-refractivity contribution in [3.63, 3.8) is 0 Å². The van der Waals surface area contributed by atoms with E-state index in [0.29, 0.717) is 11.0 Å². The predicted molar refractivity (Wildman–Crippen MR) is 84.0 cm³/mol. The molecule has 0 saturated carbocycles. The highest BCUT2D eigenvalue weighted by Gasteiger charge is 2.28. The topological polar surface area (TPSA) is 40.5 Å². The molecule has 0 unspecified atom stereocenters. The molecule has 1 aliphatic rings. The fourth-order valence-corrected chi connectivity index (χ4v) is 3.05. The number of halogens is 1. The first-order valence-electron chi connectivity index (χ1n) is 7.17. The second-order valence-electron chi connectivity index (χ2n) is 6.05. The monoisotopic (exact) mass is 339 g/mol. The van der Waals surface area contributed by atoms with E-state index in [-0.39, 0.29) is 0 Å². The van der Waals surface area contributed by atoms with Gasteiger partial charge in [0, 0.05) is 11.0 Å². The molecule has 4 heteroatoms. The summed E-state index contributed by atoms with van der Waals surface area (Å²) in [6.07, 6.45) is 3.68. The Morgan fingerprint density at radius 3 is 2.60 bits per heavy atom. The Labute approximate surface area is 129 Å². The first-order valence-corrected chi connectivity index (χ1v) is 7.97. The summed E-state index contributed by atoms with van der Waals surface area (Å²) in [5.41, 5.74) is 1.90. The van der Waals surface area contributed by atoms with Crippen LogP contribution < -0.4 is 0 Å². The minimum Gasteiger partial charge on any atom is -0.478 e. The number of carboxylic acids is 1. The standard InChI is InChI=1S/C16H22BrNO2/c1-3-16(2)6-8-18(9-7-16)11-13-10-12(15(19)20)4-5-14(13)17/h4-5,10H,3,6-9,11H2,1-2H3,(H,19,20). The molecular formula is C16H22BrNO2. The smallest absolute Gasteiger partial charge is 0.335 e. The number of carboxylic acid groups (broad SMARTS) is 1. The number of hydrogen-bond acceptors (Lipinski definition) is 2. The third-order valence-electron chi connectivity index (χ3n) is 4.60. The number of benzene rings is 1. The van der Waals surface area contributed by atoms with E-state index in [4.69, 9.17) is 5.11 Å². The van der Waals surface area contributed by atoms with Gasteiger partial charge in [0.1, 0.15) is 0 Å². The molecule has 0 radical (unpaired) electrons. The third kappa shape index (κ3) is 3.61. The van der Waals surface area contributed by atoms with Crippen molar-refractivity contribution in [2.24, 2.45) is 5.41 Å². The minimum absolute atomic E-state index is 0.360.